The van der Waals surface area contributed by atoms with Crippen LogP contribution in [0.15, 0.2) is 30.3 Å². The fourth-order valence-electron chi connectivity index (χ4n) is 5.18. The van der Waals surface area contributed by atoms with Gasteiger partial charge in [-0.25, -0.2) is 4.79 Å². The number of benzene rings is 1. The van der Waals surface area contributed by atoms with Crippen LogP contribution < -0.4 is 10.6 Å². The predicted octanol–water partition coefficient (Wildman–Crippen LogP) is 3.47. The molecule has 1 aromatic carbocycles. The van der Waals surface area contributed by atoms with Crippen LogP contribution in [-0.2, 0) is 9.59 Å². The number of hydrogen-bond acceptors (Lipinski definition) is 3. The molecule has 4 amide bonds. The van der Waals surface area contributed by atoms with E-state index in [0.717, 1.165) is 44.9 Å². The molecule has 3 fully saturated rings. The molecule has 0 bridgehead atoms. The Balaban J connectivity index is 1.23. The third-order valence-electron chi connectivity index (χ3n) is 6.88. The van der Waals surface area contributed by atoms with Crippen LogP contribution in [-0.4, -0.2) is 40.9 Å². The van der Waals surface area contributed by atoms with E-state index in [-0.39, 0.29) is 36.9 Å². The Morgan fingerprint density at radius 2 is 1.72 bits per heavy atom. The Bertz CT molecular complexity index is 750. The van der Waals surface area contributed by atoms with Crippen molar-refractivity contribution in [1.29, 1.82) is 0 Å². The first kappa shape index (κ1) is 19.9. The van der Waals surface area contributed by atoms with Gasteiger partial charge in [-0.2, -0.15) is 0 Å². The number of rotatable bonds is 5. The Morgan fingerprint density at radius 3 is 2.41 bits per heavy atom. The van der Waals surface area contributed by atoms with Gasteiger partial charge in [0, 0.05) is 19.0 Å². The number of carbonyl (C=O) groups excluding carboxylic acids is 3. The lowest BCUT2D eigenvalue weighted by atomic mass is 9.81. The summed E-state index contributed by atoms with van der Waals surface area (Å²) >= 11 is 0. The minimum Gasteiger partial charge on any atom is -0.353 e. The van der Waals surface area contributed by atoms with E-state index < -0.39 is 5.54 Å². The number of amides is 4. The van der Waals surface area contributed by atoms with Gasteiger partial charge >= 0.3 is 6.03 Å². The number of urea groups is 1. The van der Waals surface area contributed by atoms with Gasteiger partial charge in [0.25, 0.3) is 5.91 Å². The minimum absolute atomic E-state index is 0.0710. The van der Waals surface area contributed by atoms with E-state index in [0.29, 0.717) is 18.8 Å². The number of nitrogens with one attached hydrogen (secondary N) is 2. The zero-order chi connectivity index (χ0) is 20.3. The van der Waals surface area contributed by atoms with Gasteiger partial charge in [0.15, 0.2) is 0 Å². The van der Waals surface area contributed by atoms with Crippen molar-refractivity contribution < 1.29 is 14.4 Å². The van der Waals surface area contributed by atoms with E-state index in [4.69, 9.17) is 0 Å². The van der Waals surface area contributed by atoms with E-state index in [1.54, 1.807) is 0 Å². The summed E-state index contributed by atoms with van der Waals surface area (Å²) < 4.78 is 0. The summed E-state index contributed by atoms with van der Waals surface area (Å²) in [6.45, 7) is 0.164. The lowest BCUT2D eigenvalue weighted by molar-refractivity contribution is -0.132. The number of imide groups is 1. The molecular weight excluding hydrogens is 366 g/mol. The lowest BCUT2D eigenvalue weighted by Crippen LogP contribution is -2.48. The Kier molecular flexibility index (Phi) is 5.88. The second-order valence-electron chi connectivity index (χ2n) is 8.81. The maximum atomic E-state index is 12.8. The third-order valence-corrected chi connectivity index (χ3v) is 6.88. The molecule has 6 nitrogen and oxygen atoms in total. The van der Waals surface area contributed by atoms with Crippen LogP contribution in [0.4, 0.5) is 4.79 Å². The molecule has 2 N–H and O–H groups in total. The van der Waals surface area contributed by atoms with Gasteiger partial charge in [0.1, 0.15) is 5.54 Å². The molecule has 156 valence electrons. The van der Waals surface area contributed by atoms with Gasteiger partial charge in [-0.1, -0.05) is 49.6 Å². The fourth-order valence-corrected chi connectivity index (χ4v) is 5.18. The maximum Gasteiger partial charge on any atom is 0.325 e. The number of nitrogens with zero attached hydrogens (tertiary/aromatic N) is 1. The average molecular weight is 398 g/mol. The topological polar surface area (TPSA) is 78.5 Å². The SMILES string of the molecule is O=C(CCN1C(=O)NC2(CCCCC2)C1=O)NC1CCC(c2ccccc2)CC1. The lowest BCUT2D eigenvalue weighted by Gasteiger charge is -2.30. The highest BCUT2D eigenvalue weighted by atomic mass is 16.2. The molecule has 3 aliphatic rings. The van der Waals surface area contributed by atoms with Gasteiger partial charge < -0.3 is 10.6 Å². The zero-order valence-corrected chi connectivity index (χ0v) is 17.0. The molecule has 0 atom stereocenters. The summed E-state index contributed by atoms with van der Waals surface area (Å²) in [6.07, 6.45) is 8.73. The van der Waals surface area contributed by atoms with Crippen LogP contribution in [0.5, 0.6) is 0 Å². The summed E-state index contributed by atoms with van der Waals surface area (Å²) in [6, 6.07) is 10.4. The second-order valence-corrected chi connectivity index (χ2v) is 8.81. The number of carbonyl (C=O) groups is 3. The van der Waals surface area contributed by atoms with Gasteiger partial charge in [0.05, 0.1) is 0 Å². The van der Waals surface area contributed by atoms with Crippen LogP contribution in [0.25, 0.3) is 0 Å². The van der Waals surface area contributed by atoms with Gasteiger partial charge in [-0.15, -0.1) is 0 Å². The summed E-state index contributed by atoms with van der Waals surface area (Å²) in [5, 5.41) is 6.01. The monoisotopic (exact) mass is 397 g/mol. The molecule has 1 saturated heterocycles. The molecule has 1 heterocycles. The normalized spacial score (nSPS) is 26.4. The van der Waals surface area contributed by atoms with Gasteiger partial charge in [0.2, 0.25) is 5.91 Å². The molecule has 1 spiro atoms. The molecule has 2 aliphatic carbocycles. The smallest absolute Gasteiger partial charge is 0.325 e. The van der Waals surface area contributed by atoms with Crippen molar-refractivity contribution in [3.05, 3.63) is 35.9 Å². The molecule has 29 heavy (non-hydrogen) atoms. The quantitative estimate of drug-likeness (QED) is 0.747. The van der Waals surface area contributed by atoms with Crippen molar-refractivity contribution in [1.82, 2.24) is 15.5 Å². The van der Waals surface area contributed by atoms with E-state index in [9.17, 15) is 14.4 Å². The van der Waals surface area contributed by atoms with Crippen LogP contribution in [0.1, 0.15) is 75.7 Å². The maximum absolute atomic E-state index is 12.8. The van der Waals surface area contributed by atoms with Crippen LogP contribution >= 0.6 is 0 Å². The highest BCUT2D eigenvalue weighted by Crippen LogP contribution is 2.34. The molecular formula is C23H31N3O3. The Morgan fingerprint density at radius 1 is 1.03 bits per heavy atom. The number of hydrogen-bond donors (Lipinski definition) is 2. The fraction of sp³-hybridized carbons (Fsp3) is 0.609. The first-order valence-corrected chi connectivity index (χ1v) is 11.1. The van der Waals surface area contributed by atoms with Crippen LogP contribution in [0.3, 0.4) is 0 Å². The summed E-state index contributed by atoms with van der Waals surface area (Å²) in [5.74, 6) is 0.360. The highest BCUT2D eigenvalue weighted by Gasteiger charge is 2.51. The average Bonchev–Trinajstić information content (AvgIpc) is 2.97. The van der Waals surface area contributed by atoms with E-state index in [1.165, 1.54) is 10.5 Å². The Hall–Kier alpha value is -2.37. The molecule has 0 radical (unpaired) electrons. The van der Waals surface area contributed by atoms with Crippen LogP contribution in [0.2, 0.25) is 0 Å². The summed E-state index contributed by atoms with van der Waals surface area (Å²) in [4.78, 5) is 38.7. The third kappa shape index (κ3) is 4.31. The van der Waals surface area contributed by atoms with Crippen molar-refractivity contribution in [3.63, 3.8) is 0 Å². The van der Waals surface area contributed by atoms with Crippen molar-refractivity contribution >= 4 is 17.8 Å². The second kappa shape index (κ2) is 8.56. The molecule has 1 aromatic rings. The van der Waals surface area contributed by atoms with E-state index in [1.807, 2.05) is 6.07 Å². The highest BCUT2D eigenvalue weighted by molar-refractivity contribution is 6.07. The summed E-state index contributed by atoms with van der Waals surface area (Å²) in [7, 11) is 0. The molecule has 6 heteroatoms. The van der Waals surface area contributed by atoms with Crippen molar-refractivity contribution in [2.75, 3.05) is 6.54 Å². The molecule has 2 saturated carbocycles. The first-order valence-electron chi connectivity index (χ1n) is 11.1. The predicted molar refractivity (Wildman–Crippen MR) is 110 cm³/mol. The largest absolute Gasteiger partial charge is 0.353 e. The molecule has 0 unspecified atom stereocenters. The van der Waals surface area contributed by atoms with Gasteiger partial charge in [-0.05, 0) is 50.0 Å². The van der Waals surface area contributed by atoms with Crippen molar-refractivity contribution in [2.45, 2.75) is 81.7 Å². The van der Waals surface area contributed by atoms with E-state index >= 15 is 0 Å². The standard InChI is InChI=1S/C23H31N3O3/c27-20(24-19-11-9-18(10-12-19)17-7-3-1-4-8-17)13-16-26-21(28)23(25-22(26)29)14-5-2-6-15-23/h1,3-4,7-8,18-19H,2,5-6,9-16H2,(H,24,27)(H,25,29). The van der Waals surface area contributed by atoms with Crippen molar-refractivity contribution in [3.8, 4) is 0 Å². The molecule has 1 aliphatic heterocycles. The summed E-state index contributed by atoms with van der Waals surface area (Å²) in [5.41, 5.74) is 0.675. The molecule has 4 rings (SSSR count). The molecule has 0 aromatic heterocycles. The first-order chi connectivity index (χ1) is 14.1. The zero-order valence-electron chi connectivity index (χ0n) is 17.0. The van der Waals surface area contributed by atoms with Crippen LogP contribution in [0, 0.1) is 0 Å². The van der Waals surface area contributed by atoms with Crippen molar-refractivity contribution in [2.24, 2.45) is 0 Å². The Labute approximate surface area is 172 Å². The van der Waals surface area contributed by atoms with Gasteiger partial charge in [-0.3, -0.25) is 14.5 Å². The van der Waals surface area contributed by atoms with E-state index in [2.05, 4.69) is 34.9 Å². The minimum atomic E-state index is -0.707.